The molecule has 6 nitrogen and oxygen atoms in total. The molecule has 3 N–H and O–H groups in total. The third-order valence-electron chi connectivity index (χ3n) is 2.37. The van der Waals surface area contributed by atoms with Crippen LogP contribution in [0.2, 0.25) is 0 Å². The second-order valence-electron chi connectivity index (χ2n) is 3.96. The molecule has 1 aliphatic rings. The van der Waals surface area contributed by atoms with Crippen LogP contribution < -0.4 is 20.6 Å². The second-order valence-corrected chi connectivity index (χ2v) is 3.96. The molecule has 1 unspecified atom stereocenters. The van der Waals surface area contributed by atoms with E-state index in [-0.39, 0.29) is 12.7 Å². The van der Waals surface area contributed by atoms with Crippen LogP contribution in [0, 0.1) is 0 Å². The first kappa shape index (κ1) is 11.7. The molecule has 1 heterocycles. The van der Waals surface area contributed by atoms with Crippen LogP contribution in [0.3, 0.4) is 0 Å². The topological polar surface area (TPSA) is 76.8 Å². The van der Waals surface area contributed by atoms with Gasteiger partial charge < -0.3 is 15.2 Å². The maximum atomic E-state index is 11.7. The van der Waals surface area contributed by atoms with Crippen LogP contribution in [0.15, 0.2) is 18.2 Å². The first-order valence-corrected chi connectivity index (χ1v) is 5.21. The molecule has 92 valence electrons. The summed E-state index contributed by atoms with van der Waals surface area (Å²) in [6, 6.07) is 4.50. The van der Waals surface area contributed by atoms with Crippen LogP contribution in [-0.2, 0) is 4.79 Å². The van der Waals surface area contributed by atoms with Crippen molar-refractivity contribution in [2.75, 3.05) is 20.9 Å². The van der Waals surface area contributed by atoms with Crippen molar-refractivity contribution in [1.82, 2.24) is 10.4 Å². The van der Waals surface area contributed by atoms with E-state index in [1.807, 2.05) is 0 Å². The molecule has 17 heavy (non-hydrogen) atoms. The number of hydrogen-bond donors (Lipinski definition) is 2. The van der Waals surface area contributed by atoms with Crippen LogP contribution in [0.5, 0.6) is 11.5 Å². The minimum absolute atomic E-state index is 0.206. The Labute approximate surface area is 99.3 Å². The normalized spacial score (nSPS) is 14.8. The van der Waals surface area contributed by atoms with Crippen LogP contribution in [-0.4, -0.2) is 31.8 Å². The van der Waals surface area contributed by atoms with Crippen molar-refractivity contribution in [3.05, 3.63) is 23.8 Å². The van der Waals surface area contributed by atoms with Gasteiger partial charge in [0.25, 0.3) is 5.91 Å². The van der Waals surface area contributed by atoms with E-state index in [2.05, 4.69) is 5.43 Å². The van der Waals surface area contributed by atoms with Crippen molar-refractivity contribution in [2.45, 2.75) is 6.04 Å². The molecule has 2 rings (SSSR count). The minimum Gasteiger partial charge on any atom is -0.454 e. The van der Waals surface area contributed by atoms with Crippen LogP contribution in [0.25, 0.3) is 0 Å². The lowest BCUT2D eigenvalue weighted by Crippen LogP contribution is -2.41. The Hall–Kier alpha value is -1.79. The van der Waals surface area contributed by atoms with E-state index in [0.717, 1.165) is 0 Å². The molecule has 1 aromatic rings. The summed E-state index contributed by atoms with van der Waals surface area (Å²) in [6.45, 7) is 0.206. The molecule has 1 aromatic carbocycles. The van der Waals surface area contributed by atoms with Gasteiger partial charge in [-0.05, 0) is 17.7 Å². The summed E-state index contributed by atoms with van der Waals surface area (Å²) >= 11 is 0. The Balaban J connectivity index is 2.14. The highest BCUT2D eigenvalue weighted by atomic mass is 16.7. The Kier molecular flexibility index (Phi) is 3.16. The fourth-order valence-corrected chi connectivity index (χ4v) is 1.55. The summed E-state index contributed by atoms with van der Waals surface area (Å²) in [5.74, 6) is 1.03. The first-order valence-electron chi connectivity index (χ1n) is 5.21. The van der Waals surface area contributed by atoms with Gasteiger partial charge in [-0.15, -0.1) is 0 Å². The monoisotopic (exact) mass is 237 g/mol. The fourth-order valence-electron chi connectivity index (χ4n) is 1.55. The number of amides is 1. The molecule has 0 aromatic heterocycles. The molecular weight excluding hydrogens is 222 g/mol. The van der Waals surface area contributed by atoms with Crippen molar-refractivity contribution in [3.8, 4) is 11.5 Å². The Morgan fingerprint density at radius 3 is 2.82 bits per heavy atom. The summed E-state index contributed by atoms with van der Waals surface area (Å²) in [7, 11) is 3.45. The van der Waals surface area contributed by atoms with Gasteiger partial charge in [0.15, 0.2) is 11.5 Å². The number of benzene rings is 1. The van der Waals surface area contributed by atoms with Gasteiger partial charge in [-0.3, -0.25) is 10.2 Å². The Bertz CT molecular complexity index is 434. The number of carbonyl (C=O) groups is 1. The van der Waals surface area contributed by atoms with E-state index in [4.69, 9.17) is 15.2 Å². The lowest BCUT2D eigenvalue weighted by atomic mass is 10.1. The number of nitrogens with two attached hydrogens (primary N) is 1. The Morgan fingerprint density at radius 2 is 2.12 bits per heavy atom. The number of hydrogen-bond acceptors (Lipinski definition) is 5. The highest BCUT2D eigenvalue weighted by Gasteiger charge is 2.20. The molecule has 0 radical (unpaired) electrons. The highest BCUT2D eigenvalue weighted by molar-refractivity contribution is 5.82. The van der Waals surface area contributed by atoms with Crippen molar-refractivity contribution in [3.63, 3.8) is 0 Å². The van der Waals surface area contributed by atoms with Crippen molar-refractivity contribution in [2.24, 2.45) is 5.73 Å². The number of nitrogens with zero attached hydrogens (tertiary/aromatic N) is 1. The summed E-state index contributed by atoms with van der Waals surface area (Å²) in [5, 5.41) is 1.55. The maximum absolute atomic E-state index is 11.7. The summed E-state index contributed by atoms with van der Waals surface area (Å²) in [6.07, 6.45) is 0. The largest absolute Gasteiger partial charge is 0.454 e. The molecule has 1 atom stereocenters. The molecule has 0 bridgehead atoms. The van der Waals surface area contributed by atoms with E-state index in [1.165, 1.54) is 0 Å². The number of rotatable bonds is 3. The first-order chi connectivity index (χ1) is 8.08. The average molecular weight is 237 g/mol. The number of ether oxygens (including phenoxy) is 2. The van der Waals surface area contributed by atoms with Gasteiger partial charge in [-0.1, -0.05) is 6.07 Å². The molecule has 0 fully saturated rings. The standard InChI is InChI=1S/C11H15N3O3/c1-14(2)13-11(15)10(12)7-3-4-8-9(5-7)17-6-16-8/h3-5,10H,6,12H2,1-2H3,(H,13,15). The van der Waals surface area contributed by atoms with Crippen LogP contribution in [0.4, 0.5) is 0 Å². The van der Waals surface area contributed by atoms with Crippen LogP contribution in [0.1, 0.15) is 11.6 Å². The summed E-state index contributed by atoms with van der Waals surface area (Å²) in [4.78, 5) is 11.7. The summed E-state index contributed by atoms with van der Waals surface area (Å²) < 4.78 is 10.4. The lowest BCUT2D eigenvalue weighted by molar-refractivity contribution is -0.126. The molecule has 0 aliphatic carbocycles. The van der Waals surface area contributed by atoms with Crippen molar-refractivity contribution >= 4 is 5.91 Å². The van der Waals surface area contributed by atoms with E-state index >= 15 is 0 Å². The molecule has 0 saturated carbocycles. The van der Waals surface area contributed by atoms with E-state index in [0.29, 0.717) is 17.1 Å². The van der Waals surface area contributed by atoms with Gasteiger partial charge in [0.05, 0.1) is 0 Å². The molecule has 0 spiro atoms. The van der Waals surface area contributed by atoms with Gasteiger partial charge in [0.2, 0.25) is 6.79 Å². The predicted molar refractivity (Wildman–Crippen MR) is 61.3 cm³/mol. The SMILES string of the molecule is CN(C)NC(=O)C(N)c1ccc2c(c1)OCO2. The summed E-state index contributed by atoms with van der Waals surface area (Å²) in [5.41, 5.74) is 9.14. The third-order valence-corrected chi connectivity index (χ3v) is 2.37. The quantitative estimate of drug-likeness (QED) is 0.724. The molecule has 0 saturated heterocycles. The number of nitrogens with one attached hydrogen (secondary N) is 1. The van der Waals surface area contributed by atoms with E-state index < -0.39 is 6.04 Å². The number of fused-ring (bicyclic) bond motifs is 1. The van der Waals surface area contributed by atoms with E-state index in [1.54, 1.807) is 37.3 Å². The zero-order valence-electron chi connectivity index (χ0n) is 9.77. The smallest absolute Gasteiger partial charge is 0.255 e. The van der Waals surface area contributed by atoms with Crippen molar-refractivity contribution < 1.29 is 14.3 Å². The van der Waals surface area contributed by atoms with Gasteiger partial charge >= 0.3 is 0 Å². The predicted octanol–water partition coefficient (Wildman–Crippen LogP) is 0.00790. The van der Waals surface area contributed by atoms with Gasteiger partial charge in [0.1, 0.15) is 6.04 Å². The third kappa shape index (κ3) is 2.48. The van der Waals surface area contributed by atoms with Crippen molar-refractivity contribution in [1.29, 1.82) is 0 Å². The highest BCUT2D eigenvalue weighted by Crippen LogP contribution is 2.33. The van der Waals surface area contributed by atoms with Gasteiger partial charge in [0, 0.05) is 14.1 Å². The number of hydrazine groups is 1. The van der Waals surface area contributed by atoms with Crippen LogP contribution >= 0.6 is 0 Å². The Morgan fingerprint density at radius 1 is 1.41 bits per heavy atom. The molecule has 6 heteroatoms. The van der Waals surface area contributed by atoms with E-state index in [9.17, 15) is 4.79 Å². The number of carbonyl (C=O) groups excluding carboxylic acids is 1. The lowest BCUT2D eigenvalue weighted by Gasteiger charge is -2.16. The van der Waals surface area contributed by atoms with Gasteiger partial charge in [-0.2, -0.15) is 0 Å². The average Bonchev–Trinajstić information content (AvgIpc) is 2.73. The fraction of sp³-hybridized carbons (Fsp3) is 0.364. The second kappa shape index (κ2) is 4.60. The minimum atomic E-state index is -0.730. The molecule has 1 amide bonds. The molecule has 1 aliphatic heterocycles. The van der Waals surface area contributed by atoms with Gasteiger partial charge in [-0.25, -0.2) is 5.01 Å². The zero-order valence-corrected chi connectivity index (χ0v) is 9.77. The molecular formula is C11H15N3O3. The maximum Gasteiger partial charge on any atom is 0.255 e. The zero-order chi connectivity index (χ0) is 12.4.